The van der Waals surface area contributed by atoms with E-state index >= 15 is 0 Å². The Labute approximate surface area is 148 Å². The molecule has 0 saturated carbocycles. The fourth-order valence-corrected chi connectivity index (χ4v) is 2.64. The molecule has 0 aliphatic carbocycles. The second-order valence-corrected chi connectivity index (χ2v) is 5.77. The first kappa shape index (κ1) is 17.7. The summed E-state index contributed by atoms with van der Waals surface area (Å²) in [5, 5.41) is 6.34. The average Bonchev–Trinajstić information content (AvgIpc) is 3.06. The number of benzene rings is 2. The first-order valence-electron chi connectivity index (χ1n) is 7.91. The number of carbonyl (C=O) groups excluding carboxylic acids is 1. The van der Waals surface area contributed by atoms with E-state index in [1.54, 1.807) is 49.4 Å². The van der Waals surface area contributed by atoms with Crippen molar-refractivity contribution in [3.63, 3.8) is 0 Å². The van der Waals surface area contributed by atoms with E-state index in [1.165, 1.54) is 6.07 Å². The monoisotopic (exact) mass is 359 g/mol. The van der Waals surface area contributed by atoms with E-state index in [1.807, 2.05) is 6.07 Å². The molecular formula is C19H16F3N3O. The molecule has 0 unspecified atom stereocenters. The summed E-state index contributed by atoms with van der Waals surface area (Å²) in [6.45, 7) is 1.82. The molecule has 1 N–H and O–H groups in total. The van der Waals surface area contributed by atoms with Crippen LogP contribution in [-0.2, 0) is 12.7 Å². The highest BCUT2D eigenvalue weighted by Gasteiger charge is 2.40. The summed E-state index contributed by atoms with van der Waals surface area (Å²) in [7, 11) is 0. The number of aryl methyl sites for hydroxylation is 1. The van der Waals surface area contributed by atoms with E-state index in [0.29, 0.717) is 5.56 Å². The largest absolute Gasteiger partial charge is 0.434 e. The number of alkyl halides is 3. The molecule has 0 fully saturated rings. The Morgan fingerprint density at radius 3 is 2.38 bits per heavy atom. The van der Waals surface area contributed by atoms with Crippen molar-refractivity contribution in [2.24, 2.45) is 0 Å². The van der Waals surface area contributed by atoms with Crippen molar-refractivity contribution in [1.29, 1.82) is 0 Å². The van der Waals surface area contributed by atoms with Crippen LogP contribution in [0.2, 0.25) is 0 Å². The minimum absolute atomic E-state index is 0.131. The van der Waals surface area contributed by atoms with E-state index in [9.17, 15) is 18.0 Å². The Morgan fingerprint density at radius 1 is 1.08 bits per heavy atom. The van der Waals surface area contributed by atoms with E-state index in [0.717, 1.165) is 16.4 Å². The van der Waals surface area contributed by atoms with Gasteiger partial charge in [0.2, 0.25) is 0 Å². The Morgan fingerprint density at radius 2 is 1.73 bits per heavy atom. The third-order valence-corrected chi connectivity index (χ3v) is 3.92. The van der Waals surface area contributed by atoms with Gasteiger partial charge in [0, 0.05) is 6.54 Å². The predicted octanol–water partition coefficient (Wildman–Crippen LogP) is 4.13. The van der Waals surface area contributed by atoms with Crippen molar-refractivity contribution in [3.8, 4) is 5.69 Å². The van der Waals surface area contributed by atoms with E-state index < -0.39 is 23.3 Å². The smallest absolute Gasteiger partial charge is 0.348 e. The maximum absolute atomic E-state index is 13.6. The zero-order valence-corrected chi connectivity index (χ0v) is 13.9. The second kappa shape index (κ2) is 7.03. The summed E-state index contributed by atoms with van der Waals surface area (Å²) >= 11 is 0. The highest BCUT2D eigenvalue weighted by molar-refractivity contribution is 5.95. The van der Waals surface area contributed by atoms with Gasteiger partial charge in [-0.2, -0.15) is 18.3 Å². The van der Waals surface area contributed by atoms with Gasteiger partial charge in [-0.25, -0.2) is 4.68 Å². The van der Waals surface area contributed by atoms with Crippen LogP contribution >= 0.6 is 0 Å². The van der Waals surface area contributed by atoms with Crippen molar-refractivity contribution in [1.82, 2.24) is 15.1 Å². The van der Waals surface area contributed by atoms with Crippen LogP contribution in [0.5, 0.6) is 0 Å². The number of para-hydroxylation sites is 1. The summed E-state index contributed by atoms with van der Waals surface area (Å²) in [6, 6.07) is 15.5. The number of carbonyl (C=O) groups is 1. The van der Waals surface area contributed by atoms with Gasteiger partial charge in [0.05, 0.1) is 17.4 Å². The van der Waals surface area contributed by atoms with Crippen molar-refractivity contribution in [2.45, 2.75) is 19.6 Å². The molecule has 0 radical (unpaired) electrons. The van der Waals surface area contributed by atoms with Gasteiger partial charge >= 0.3 is 6.18 Å². The number of nitrogens with zero attached hydrogens (tertiary/aromatic N) is 2. The average molecular weight is 359 g/mol. The maximum atomic E-state index is 13.6. The quantitative estimate of drug-likeness (QED) is 0.761. The summed E-state index contributed by atoms with van der Waals surface area (Å²) in [5.41, 5.74) is 0.106. The van der Waals surface area contributed by atoms with Gasteiger partial charge in [-0.05, 0) is 24.1 Å². The van der Waals surface area contributed by atoms with Gasteiger partial charge in [0.25, 0.3) is 5.91 Å². The van der Waals surface area contributed by atoms with Gasteiger partial charge in [-0.3, -0.25) is 4.79 Å². The van der Waals surface area contributed by atoms with Crippen LogP contribution < -0.4 is 5.32 Å². The maximum Gasteiger partial charge on any atom is 0.434 e. The van der Waals surface area contributed by atoms with Gasteiger partial charge in [-0.1, -0.05) is 48.5 Å². The fourth-order valence-electron chi connectivity index (χ4n) is 2.64. The van der Waals surface area contributed by atoms with Crippen LogP contribution in [0.3, 0.4) is 0 Å². The number of halogens is 3. The SMILES string of the molecule is Cc1ccccc1-n1ncc(C(=O)NCc2ccccc2)c1C(F)(F)F. The predicted molar refractivity (Wildman–Crippen MR) is 90.9 cm³/mol. The molecule has 3 aromatic rings. The van der Waals surface area contributed by atoms with Crippen molar-refractivity contribution in [2.75, 3.05) is 0 Å². The second-order valence-electron chi connectivity index (χ2n) is 5.77. The molecule has 7 heteroatoms. The first-order chi connectivity index (χ1) is 12.4. The lowest BCUT2D eigenvalue weighted by Gasteiger charge is -2.14. The molecular weight excluding hydrogens is 343 g/mol. The molecule has 4 nitrogen and oxygen atoms in total. The molecule has 0 aliphatic rings. The molecule has 0 saturated heterocycles. The van der Waals surface area contributed by atoms with Crippen LogP contribution in [-0.4, -0.2) is 15.7 Å². The van der Waals surface area contributed by atoms with Gasteiger partial charge < -0.3 is 5.32 Å². The summed E-state index contributed by atoms with van der Waals surface area (Å²) in [5.74, 6) is -0.819. The van der Waals surface area contributed by atoms with Crippen LogP contribution in [0, 0.1) is 6.92 Å². The Kier molecular flexibility index (Phi) is 4.79. The lowest BCUT2D eigenvalue weighted by atomic mass is 10.1. The highest BCUT2D eigenvalue weighted by Crippen LogP contribution is 2.34. The van der Waals surface area contributed by atoms with Gasteiger partial charge in [0.1, 0.15) is 0 Å². The minimum atomic E-state index is -4.72. The lowest BCUT2D eigenvalue weighted by molar-refractivity contribution is -0.143. The Bertz CT molecular complexity index is 917. The number of nitrogens with one attached hydrogen (secondary N) is 1. The molecule has 0 bridgehead atoms. The highest BCUT2D eigenvalue weighted by atomic mass is 19.4. The van der Waals surface area contributed by atoms with E-state index in [-0.39, 0.29) is 12.2 Å². The van der Waals surface area contributed by atoms with Crippen molar-refractivity contribution >= 4 is 5.91 Å². The van der Waals surface area contributed by atoms with Crippen molar-refractivity contribution in [3.05, 3.63) is 83.2 Å². The third-order valence-electron chi connectivity index (χ3n) is 3.92. The zero-order chi connectivity index (χ0) is 18.7. The van der Waals surface area contributed by atoms with E-state index in [4.69, 9.17) is 0 Å². The number of aromatic nitrogens is 2. The van der Waals surface area contributed by atoms with Gasteiger partial charge in [-0.15, -0.1) is 0 Å². The molecule has 1 amide bonds. The van der Waals surface area contributed by atoms with Crippen molar-refractivity contribution < 1.29 is 18.0 Å². The molecule has 1 heterocycles. The molecule has 0 atom stereocenters. The van der Waals surface area contributed by atoms with Gasteiger partial charge in [0.15, 0.2) is 5.69 Å². The number of rotatable bonds is 4. The molecule has 134 valence electrons. The number of amides is 1. The standard InChI is InChI=1S/C19H16F3N3O/c1-13-7-5-6-10-16(13)25-17(19(20,21)22)15(12-24-25)18(26)23-11-14-8-3-2-4-9-14/h2-10,12H,11H2,1H3,(H,23,26). The summed E-state index contributed by atoms with van der Waals surface area (Å²) < 4.78 is 41.7. The molecule has 2 aromatic carbocycles. The molecule has 26 heavy (non-hydrogen) atoms. The zero-order valence-electron chi connectivity index (χ0n) is 13.9. The topological polar surface area (TPSA) is 46.9 Å². The number of hydrogen-bond acceptors (Lipinski definition) is 2. The Balaban J connectivity index is 1.95. The lowest BCUT2D eigenvalue weighted by Crippen LogP contribution is -2.26. The summed E-state index contributed by atoms with van der Waals surface area (Å²) in [4.78, 5) is 12.4. The normalized spacial score (nSPS) is 11.4. The first-order valence-corrected chi connectivity index (χ1v) is 7.91. The molecule has 1 aromatic heterocycles. The molecule has 3 rings (SSSR count). The fraction of sp³-hybridized carbons (Fsp3) is 0.158. The minimum Gasteiger partial charge on any atom is -0.348 e. The third kappa shape index (κ3) is 3.61. The van der Waals surface area contributed by atoms with E-state index in [2.05, 4.69) is 10.4 Å². The summed E-state index contributed by atoms with van der Waals surface area (Å²) in [6.07, 6.45) is -3.77. The number of hydrogen-bond donors (Lipinski definition) is 1. The van der Waals surface area contributed by atoms with Crippen LogP contribution in [0.25, 0.3) is 5.69 Å². The molecule has 0 spiro atoms. The Hall–Kier alpha value is -3.09. The van der Waals surface area contributed by atoms with Crippen LogP contribution in [0.15, 0.2) is 60.8 Å². The van der Waals surface area contributed by atoms with Crippen LogP contribution in [0.4, 0.5) is 13.2 Å². The van der Waals surface area contributed by atoms with Crippen LogP contribution in [0.1, 0.15) is 27.2 Å². The molecule has 0 aliphatic heterocycles.